The molecule has 6 aliphatic rings. The Labute approximate surface area is 316 Å². The largest absolute Gasteiger partial charge is 0.347 e. The minimum Gasteiger partial charge on any atom is -0.347 e. The number of urea groups is 1. The quantitative estimate of drug-likeness (QED) is 0.178. The van der Waals surface area contributed by atoms with Gasteiger partial charge < -0.3 is 26.2 Å². The summed E-state index contributed by atoms with van der Waals surface area (Å²) in [5.41, 5.74) is -1.69. The van der Waals surface area contributed by atoms with Crippen LogP contribution in [0.4, 0.5) is 4.79 Å². The highest BCUT2D eigenvalue weighted by Crippen LogP contribution is 2.65. The standard InChI is InChI=1S/C40H65N5O7S/c1-7-37(2,3)53(51,52)24-40(20-12-9-13-21-40)44-36(50)43-32(39(6)18-10-8-11-19-39)35(49)45-23-27-29(38(27,4)5)30(45)33(47)42-28(22-25-14-15-25)31(46)34(48)41-26-16-17-26/h25-30,32H,7-24H2,1-6H3,(H,41,48)(H,42,47)(H2,43,44,50)/t27-,28?,29-,30-,32+/m0/s1. The van der Waals surface area contributed by atoms with Gasteiger partial charge in [0.15, 0.2) is 9.84 Å². The number of carbonyl (C=O) groups excluding carboxylic acids is 5. The van der Waals surface area contributed by atoms with E-state index in [1.807, 2.05) is 13.8 Å². The lowest BCUT2D eigenvalue weighted by molar-refractivity contribution is -0.146. The minimum atomic E-state index is -3.57. The van der Waals surface area contributed by atoms with Gasteiger partial charge in [0.1, 0.15) is 12.1 Å². The van der Waals surface area contributed by atoms with Gasteiger partial charge in [-0.3, -0.25) is 19.2 Å². The number of nitrogens with zero attached hydrogens (tertiary/aromatic N) is 1. The Kier molecular flexibility index (Phi) is 11.1. The highest BCUT2D eigenvalue weighted by Gasteiger charge is 2.70. The molecule has 5 atom stereocenters. The molecule has 0 aromatic rings. The van der Waals surface area contributed by atoms with Crippen LogP contribution in [0.1, 0.15) is 144 Å². The Balaban J connectivity index is 1.24. The Morgan fingerprint density at radius 1 is 0.849 bits per heavy atom. The summed E-state index contributed by atoms with van der Waals surface area (Å²) >= 11 is 0. The summed E-state index contributed by atoms with van der Waals surface area (Å²) in [7, 11) is -3.57. The van der Waals surface area contributed by atoms with Crippen LogP contribution in [0, 0.1) is 28.6 Å². The van der Waals surface area contributed by atoms with Crippen molar-refractivity contribution in [2.75, 3.05) is 12.3 Å². The molecule has 1 saturated heterocycles. The number of Topliss-reactive ketones (excluding diaryl/α,β-unsaturated/α-hetero) is 1. The lowest BCUT2D eigenvalue weighted by Gasteiger charge is -2.44. The first-order valence-electron chi connectivity index (χ1n) is 20.6. The number of sulfone groups is 1. The van der Waals surface area contributed by atoms with Crippen LogP contribution < -0.4 is 21.3 Å². The topological polar surface area (TPSA) is 171 Å². The van der Waals surface area contributed by atoms with Gasteiger partial charge in [0, 0.05) is 12.6 Å². The third-order valence-electron chi connectivity index (χ3n) is 14.4. The SMILES string of the molecule is CCC(C)(C)S(=O)(=O)CC1(NC(=O)N[C@H](C(=O)N2C[C@H]3[C@@H]([C@H]2C(=O)NC(CC2CC2)C(=O)C(=O)NC2CC2)C3(C)C)C2(C)CCCCC2)CCCCC1. The maximum Gasteiger partial charge on any atom is 0.315 e. The highest BCUT2D eigenvalue weighted by molar-refractivity contribution is 7.92. The zero-order valence-electron chi connectivity index (χ0n) is 33.0. The molecule has 53 heavy (non-hydrogen) atoms. The third-order valence-corrected chi connectivity index (χ3v) is 17.3. The van der Waals surface area contributed by atoms with Crippen LogP contribution in [0.25, 0.3) is 0 Å². The first kappa shape index (κ1) is 40.0. The lowest BCUT2D eigenvalue weighted by Crippen LogP contribution is -2.65. The van der Waals surface area contributed by atoms with Crippen molar-refractivity contribution in [3.05, 3.63) is 0 Å². The zero-order valence-corrected chi connectivity index (χ0v) is 33.8. The number of likely N-dealkylation sites (tertiary alicyclic amines) is 1. The van der Waals surface area contributed by atoms with Gasteiger partial charge in [-0.15, -0.1) is 0 Å². The summed E-state index contributed by atoms with van der Waals surface area (Å²) in [6.45, 7) is 11.9. The van der Waals surface area contributed by atoms with Gasteiger partial charge in [0.25, 0.3) is 5.91 Å². The molecule has 5 aliphatic carbocycles. The van der Waals surface area contributed by atoms with Crippen molar-refractivity contribution < 1.29 is 32.4 Å². The zero-order chi connectivity index (χ0) is 38.6. The molecule has 12 nitrogen and oxygen atoms in total. The summed E-state index contributed by atoms with van der Waals surface area (Å²) in [6, 6.07) is -3.26. The number of nitrogens with one attached hydrogen (secondary N) is 4. The Bertz CT molecular complexity index is 1560. The van der Waals surface area contributed by atoms with Gasteiger partial charge in [0.05, 0.1) is 22.1 Å². The second kappa shape index (κ2) is 14.8. The predicted molar refractivity (Wildman–Crippen MR) is 202 cm³/mol. The number of fused-ring (bicyclic) bond motifs is 1. The number of amides is 5. The van der Waals surface area contributed by atoms with Crippen molar-refractivity contribution in [3.8, 4) is 0 Å². The van der Waals surface area contributed by atoms with Crippen molar-refractivity contribution >= 4 is 39.4 Å². The van der Waals surface area contributed by atoms with Crippen LogP contribution in [0.15, 0.2) is 0 Å². The second-order valence-corrected chi connectivity index (χ2v) is 21.8. The maximum absolute atomic E-state index is 15.0. The third kappa shape index (κ3) is 8.44. The van der Waals surface area contributed by atoms with E-state index in [1.165, 1.54) is 0 Å². The summed E-state index contributed by atoms with van der Waals surface area (Å²) < 4.78 is 26.4. The first-order valence-corrected chi connectivity index (χ1v) is 22.2. The van der Waals surface area contributed by atoms with Crippen LogP contribution >= 0.6 is 0 Å². The molecule has 5 amide bonds. The molecule has 1 heterocycles. The van der Waals surface area contributed by atoms with Gasteiger partial charge in [-0.05, 0) is 93.8 Å². The van der Waals surface area contributed by atoms with Gasteiger partial charge in [-0.25, -0.2) is 13.2 Å². The van der Waals surface area contributed by atoms with E-state index in [4.69, 9.17) is 0 Å². The number of ketones is 1. The van der Waals surface area contributed by atoms with Gasteiger partial charge in [0.2, 0.25) is 17.6 Å². The highest BCUT2D eigenvalue weighted by atomic mass is 32.2. The number of piperidine rings is 1. The van der Waals surface area contributed by atoms with E-state index in [2.05, 4.69) is 35.1 Å². The fourth-order valence-corrected chi connectivity index (χ4v) is 11.6. The summed E-state index contributed by atoms with van der Waals surface area (Å²) in [5, 5.41) is 11.9. The predicted octanol–water partition coefficient (Wildman–Crippen LogP) is 4.55. The molecule has 6 fully saturated rings. The van der Waals surface area contributed by atoms with Gasteiger partial charge in [-0.1, -0.05) is 79.1 Å². The van der Waals surface area contributed by atoms with Crippen LogP contribution in [0.2, 0.25) is 0 Å². The van der Waals surface area contributed by atoms with Crippen molar-refractivity contribution in [1.29, 1.82) is 0 Å². The number of hydrogen-bond acceptors (Lipinski definition) is 7. The molecule has 5 saturated carbocycles. The first-order chi connectivity index (χ1) is 24.8. The molecule has 6 rings (SSSR count). The van der Waals surface area contributed by atoms with Crippen LogP contribution in [0.3, 0.4) is 0 Å². The number of hydrogen-bond donors (Lipinski definition) is 4. The minimum absolute atomic E-state index is 0.0167. The van der Waals surface area contributed by atoms with E-state index in [9.17, 15) is 32.4 Å². The summed E-state index contributed by atoms with van der Waals surface area (Å²) in [4.78, 5) is 71.3. The normalized spacial score (nSPS) is 28.5. The Morgan fingerprint density at radius 2 is 1.45 bits per heavy atom. The second-order valence-electron chi connectivity index (χ2n) is 19.2. The smallest absolute Gasteiger partial charge is 0.315 e. The molecule has 1 aliphatic heterocycles. The van der Waals surface area contributed by atoms with Crippen molar-refractivity contribution in [2.45, 2.75) is 179 Å². The van der Waals surface area contributed by atoms with Gasteiger partial charge in [-0.2, -0.15) is 0 Å². The molecule has 0 radical (unpaired) electrons. The summed E-state index contributed by atoms with van der Waals surface area (Å²) in [5.74, 6) is -1.94. The van der Waals surface area contributed by atoms with E-state index in [0.29, 0.717) is 32.2 Å². The fraction of sp³-hybridized carbons (Fsp3) is 0.875. The van der Waals surface area contributed by atoms with Crippen molar-refractivity contribution in [3.63, 3.8) is 0 Å². The van der Waals surface area contributed by atoms with E-state index in [0.717, 1.165) is 77.0 Å². The number of rotatable bonds is 15. The molecular weight excluding hydrogens is 695 g/mol. The molecule has 0 aromatic carbocycles. The van der Waals surface area contributed by atoms with E-state index >= 15 is 0 Å². The average molecular weight is 760 g/mol. The van der Waals surface area contributed by atoms with E-state index in [-0.39, 0.29) is 40.9 Å². The van der Waals surface area contributed by atoms with Crippen molar-refractivity contribution in [1.82, 2.24) is 26.2 Å². The van der Waals surface area contributed by atoms with E-state index in [1.54, 1.807) is 18.7 Å². The molecule has 0 aromatic heterocycles. The van der Waals surface area contributed by atoms with Crippen molar-refractivity contribution in [2.24, 2.45) is 28.6 Å². The molecule has 0 spiro atoms. The molecule has 298 valence electrons. The number of carbonyl (C=O) groups is 5. The average Bonchev–Trinajstić information content (AvgIpc) is 4.06. The Hall–Kier alpha value is -2.70. The molecule has 4 N–H and O–H groups in total. The monoisotopic (exact) mass is 759 g/mol. The van der Waals surface area contributed by atoms with Gasteiger partial charge >= 0.3 is 6.03 Å². The van der Waals surface area contributed by atoms with Crippen LogP contribution in [0.5, 0.6) is 0 Å². The Morgan fingerprint density at radius 3 is 2.02 bits per heavy atom. The van der Waals surface area contributed by atoms with Crippen LogP contribution in [-0.4, -0.2) is 89.6 Å². The molecule has 13 heteroatoms. The summed E-state index contributed by atoms with van der Waals surface area (Å²) in [6.07, 6.45) is 12.4. The lowest BCUT2D eigenvalue weighted by atomic mass is 9.70. The molecular formula is C40H65N5O7S. The van der Waals surface area contributed by atoms with Crippen LogP contribution in [-0.2, 0) is 29.0 Å². The fourth-order valence-electron chi connectivity index (χ4n) is 9.70. The maximum atomic E-state index is 15.0. The van der Waals surface area contributed by atoms with E-state index < -0.39 is 67.3 Å². The molecule has 0 bridgehead atoms. The molecule has 1 unspecified atom stereocenters.